The second-order valence-corrected chi connectivity index (χ2v) is 4.87. The molecule has 19 heavy (non-hydrogen) atoms. The zero-order valence-electron chi connectivity index (χ0n) is 9.67. The van der Waals surface area contributed by atoms with Gasteiger partial charge in [0.2, 0.25) is 12.2 Å². The number of nitrogens with two attached hydrogens (primary N) is 1. The molecule has 0 spiro atoms. The van der Waals surface area contributed by atoms with Crippen molar-refractivity contribution in [1.82, 2.24) is 14.6 Å². The number of halogens is 1. The smallest absolute Gasteiger partial charge is 0.249 e. The zero-order valence-corrected chi connectivity index (χ0v) is 11.3. The van der Waals surface area contributed by atoms with Gasteiger partial charge in [-0.25, -0.2) is 9.50 Å². The molecule has 2 aromatic heterocycles. The Morgan fingerprint density at radius 1 is 1.26 bits per heavy atom. The second kappa shape index (κ2) is 4.47. The second-order valence-electron chi connectivity index (χ2n) is 3.96. The highest BCUT2D eigenvalue weighted by atomic mass is 79.9. The van der Waals surface area contributed by atoms with E-state index in [0.717, 1.165) is 10.0 Å². The number of nitrogens with zero attached hydrogens (tertiary/aromatic N) is 3. The molecule has 1 amide bonds. The van der Waals surface area contributed by atoms with Crippen LogP contribution in [0, 0.1) is 6.33 Å². The van der Waals surface area contributed by atoms with Crippen LogP contribution in [-0.4, -0.2) is 20.5 Å². The van der Waals surface area contributed by atoms with Crippen LogP contribution in [0.5, 0.6) is 0 Å². The van der Waals surface area contributed by atoms with Gasteiger partial charge in [-0.15, -0.1) is 5.10 Å². The summed E-state index contributed by atoms with van der Waals surface area (Å²) in [6.07, 6.45) is 4.17. The lowest BCUT2D eigenvalue weighted by atomic mass is 10.0. The fraction of sp³-hybridized carbons (Fsp3) is 0. The number of primary amides is 1. The van der Waals surface area contributed by atoms with Crippen LogP contribution in [-0.2, 0) is 0 Å². The highest BCUT2D eigenvalue weighted by molar-refractivity contribution is 9.10. The quantitative estimate of drug-likeness (QED) is 0.786. The molecule has 0 aliphatic rings. The Morgan fingerprint density at radius 3 is 2.68 bits per heavy atom. The highest BCUT2D eigenvalue weighted by Gasteiger charge is 2.15. The monoisotopic (exact) mass is 315 g/mol. The normalized spacial score (nSPS) is 10.8. The standard InChI is InChI=1S/C13H8BrN4O/c14-9-3-1-8(2-4-9)11-10(12(15)19)5-6-18-13(11)16-7-17-18/h1-6H,(H2,15,19). The average Bonchev–Trinajstić information content (AvgIpc) is 2.86. The Bertz CT molecular complexity index is 764. The van der Waals surface area contributed by atoms with Gasteiger partial charge in [0.25, 0.3) is 0 Å². The van der Waals surface area contributed by atoms with Gasteiger partial charge in [0.15, 0.2) is 5.65 Å². The third-order valence-electron chi connectivity index (χ3n) is 2.80. The SMILES string of the molecule is NC(=O)c1ccn2n[c]nc2c1-c1ccc(Br)cc1. The van der Waals surface area contributed by atoms with E-state index in [2.05, 4.69) is 32.3 Å². The van der Waals surface area contributed by atoms with E-state index in [1.807, 2.05) is 24.3 Å². The molecule has 0 atom stereocenters. The van der Waals surface area contributed by atoms with E-state index in [-0.39, 0.29) is 0 Å². The number of pyridine rings is 1. The molecular formula is C13H8BrN4O. The van der Waals surface area contributed by atoms with Crippen molar-refractivity contribution < 1.29 is 4.79 Å². The largest absolute Gasteiger partial charge is 0.366 e. The average molecular weight is 316 g/mol. The molecule has 2 N–H and O–H groups in total. The van der Waals surface area contributed by atoms with Gasteiger partial charge in [0, 0.05) is 16.2 Å². The first-order valence-corrected chi connectivity index (χ1v) is 6.27. The minimum Gasteiger partial charge on any atom is -0.366 e. The molecule has 2 heterocycles. The first-order valence-electron chi connectivity index (χ1n) is 5.48. The number of hydrogen-bond donors (Lipinski definition) is 1. The molecule has 0 unspecified atom stereocenters. The summed E-state index contributed by atoms with van der Waals surface area (Å²) in [4.78, 5) is 15.6. The minimum absolute atomic E-state index is 0.413. The number of benzene rings is 1. The molecule has 0 saturated carbocycles. The fourth-order valence-electron chi connectivity index (χ4n) is 1.95. The maximum absolute atomic E-state index is 11.6. The summed E-state index contributed by atoms with van der Waals surface area (Å²) in [6, 6.07) is 9.20. The van der Waals surface area contributed by atoms with Crippen molar-refractivity contribution in [3.8, 4) is 11.1 Å². The Hall–Kier alpha value is -2.21. The third-order valence-corrected chi connectivity index (χ3v) is 3.33. The summed E-state index contributed by atoms with van der Waals surface area (Å²) >= 11 is 3.38. The molecule has 0 bridgehead atoms. The minimum atomic E-state index is -0.497. The van der Waals surface area contributed by atoms with E-state index >= 15 is 0 Å². The number of amides is 1. The predicted molar refractivity (Wildman–Crippen MR) is 73.5 cm³/mol. The van der Waals surface area contributed by atoms with Gasteiger partial charge >= 0.3 is 0 Å². The third kappa shape index (κ3) is 2.00. The van der Waals surface area contributed by atoms with E-state index in [1.54, 1.807) is 16.8 Å². The van der Waals surface area contributed by atoms with Gasteiger partial charge in [0.05, 0.1) is 5.56 Å². The van der Waals surface area contributed by atoms with E-state index in [9.17, 15) is 4.79 Å². The summed E-state index contributed by atoms with van der Waals surface area (Å²) in [7, 11) is 0. The lowest BCUT2D eigenvalue weighted by Crippen LogP contribution is -2.13. The number of rotatable bonds is 2. The Morgan fingerprint density at radius 2 is 2.00 bits per heavy atom. The number of aromatic nitrogens is 3. The maximum Gasteiger partial charge on any atom is 0.249 e. The van der Waals surface area contributed by atoms with Crippen LogP contribution in [0.3, 0.4) is 0 Å². The number of carbonyl (C=O) groups is 1. The summed E-state index contributed by atoms with van der Waals surface area (Å²) < 4.78 is 2.51. The number of fused-ring (bicyclic) bond motifs is 1. The Kier molecular flexibility index (Phi) is 2.79. The molecule has 0 aliphatic carbocycles. The van der Waals surface area contributed by atoms with Crippen LogP contribution in [0.4, 0.5) is 0 Å². The van der Waals surface area contributed by atoms with Crippen molar-refractivity contribution in [2.75, 3.05) is 0 Å². The number of carbonyl (C=O) groups excluding carboxylic acids is 1. The molecule has 93 valence electrons. The van der Waals surface area contributed by atoms with Crippen LogP contribution >= 0.6 is 15.9 Å². The van der Waals surface area contributed by atoms with E-state index < -0.39 is 5.91 Å². The molecule has 5 nitrogen and oxygen atoms in total. The van der Waals surface area contributed by atoms with Crippen molar-refractivity contribution in [2.24, 2.45) is 5.73 Å². The van der Waals surface area contributed by atoms with Gasteiger partial charge in [-0.3, -0.25) is 4.79 Å². The molecule has 3 rings (SSSR count). The van der Waals surface area contributed by atoms with Crippen molar-refractivity contribution in [2.45, 2.75) is 0 Å². The van der Waals surface area contributed by atoms with Gasteiger partial charge in [0.1, 0.15) is 0 Å². The van der Waals surface area contributed by atoms with Crippen molar-refractivity contribution in [1.29, 1.82) is 0 Å². The van der Waals surface area contributed by atoms with E-state index in [1.165, 1.54) is 0 Å². The van der Waals surface area contributed by atoms with Crippen LogP contribution in [0.1, 0.15) is 10.4 Å². The highest BCUT2D eigenvalue weighted by Crippen LogP contribution is 2.28. The van der Waals surface area contributed by atoms with Crippen LogP contribution in [0.25, 0.3) is 16.8 Å². The summed E-state index contributed by atoms with van der Waals surface area (Å²) in [5.74, 6) is -0.497. The lowest BCUT2D eigenvalue weighted by Gasteiger charge is -2.08. The molecular weight excluding hydrogens is 308 g/mol. The first kappa shape index (κ1) is 11.9. The molecule has 0 fully saturated rings. The molecule has 6 heteroatoms. The summed E-state index contributed by atoms with van der Waals surface area (Å²) in [5.41, 5.74) is 7.91. The topological polar surface area (TPSA) is 73.3 Å². The zero-order chi connectivity index (χ0) is 13.4. The van der Waals surface area contributed by atoms with Crippen LogP contribution < -0.4 is 5.73 Å². The summed E-state index contributed by atoms with van der Waals surface area (Å²) in [6.45, 7) is 0. The molecule has 3 aromatic rings. The molecule has 1 aromatic carbocycles. The Balaban J connectivity index is 2.35. The van der Waals surface area contributed by atoms with Gasteiger partial charge < -0.3 is 5.73 Å². The fourth-order valence-corrected chi connectivity index (χ4v) is 2.21. The van der Waals surface area contributed by atoms with Crippen LogP contribution in [0.15, 0.2) is 41.0 Å². The first-order chi connectivity index (χ1) is 9.16. The number of hydrogen-bond acceptors (Lipinski definition) is 3. The van der Waals surface area contributed by atoms with Crippen molar-refractivity contribution in [3.63, 3.8) is 0 Å². The lowest BCUT2D eigenvalue weighted by molar-refractivity contribution is 0.100. The van der Waals surface area contributed by atoms with Crippen molar-refractivity contribution >= 4 is 27.5 Å². The molecule has 0 aliphatic heterocycles. The van der Waals surface area contributed by atoms with Gasteiger partial charge in [-0.05, 0) is 23.8 Å². The molecule has 1 radical (unpaired) electrons. The van der Waals surface area contributed by atoms with Gasteiger partial charge in [-0.1, -0.05) is 28.1 Å². The van der Waals surface area contributed by atoms with E-state index in [4.69, 9.17) is 5.73 Å². The Labute approximate surface area is 117 Å². The molecule has 0 saturated heterocycles. The maximum atomic E-state index is 11.6. The van der Waals surface area contributed by atoms with E-state index in [0.29, 0.717) is 16.8 Å². The summed E-state index contributed by atoms with van der Waals surface area (Å²) in [5, 5.41) is 3.94. The van der Waals surface area contributed by atoms with Crippen LogP contribution in [0.2, 0.25) is 0 Å². The van der Waals surface area contributed by atoms with Crippen molar-refractivity contribution in [3.05, 3.63) is 52.9 Å². The van der Waals surface area contributed by atoms with Gasteiger partial charge in [-0.2, -0.15) is 0 Å². The predicted octanol–water partition coefficient (Wildman–Crippen LogP) is 2.06.